The Balaban J connectivity index is 2.45. The number of carbonyl (C=O) groups is 2. The maximum atomic E-state index is 11.8. The number of amides is 2. The van der Waals surface area contributed by atoms with Crippen LogP contribution in [0.3, 0.4) is 0 Å². The number of benzene rings is 1. The van der Waals surface area contributed by atoms with Crippen molar-refractivity contribution in [2.24, 2.45) is 5.92 Å². The summed E-state index contributed by atoms with van der Waals surface area (Å²) in [6.07, 6.45) is 1.04. The summed E-state index contributed by atoms with van der Waals surface area (Å²) in [5, 5.41) is 14.4. The molecule has 0 saturated carbocycles. The molecule has 0 aliphatic rings. The standard InChI is InChI=1S/C16H24N2O3/c1-4-13-6-5-7-14(9-13)18-16(21)15(20)17-10-11(2)8-12(3)19/h5-7,9,11-12,19H,4,8,10H2,1-3H3,(H,17,20)(H,18,21). The Kier molecular flexibility index (Phi) is 6.88. The Bertz CT molecular complexity index is 486. The SMILES string of the molecule is CCc1cccc(NC(=O)C(=O)NCC(C)CC(C)O)c1. The van der Waals surface area contributed by atoms with E-state index < -0.39 is 17.9 Å². The zero-order valence-electron chi connectivity index (χ0n) is 12.8. The molecule has 3 N–H and O–H groups in total. The highest BCUT2D eigenvalue weighted by Gasteiger charge is 2.15. The van der Waals surface area contributed by atoms with Crippen LogP contribution in [0.25, 0.3) is 0 Å². The van der Waals surface area contributed by atoms with Gasteiger partial charge in [-0.25, -0.2) is 0 Å². The van der Waals surface area contributed by atoms with Gasteiger partial charge in [-0.3, -0.25) is 9.59 Å². The fourth-order valence-electron chi connectivity index (χ4n) is 2.07. The fourth-order valence-corrected chi connectivity index (χ4v) is 2.07. The summed E-state index contributed by atoms with van der Waals surface area (Å²) >= 11 is 0. The van der Waals surface area contributed by atoms with Crippen LogP contribution < -0.4 is 10.6 Å². The minimum atomic E-state index is -0.674. The molecule has 21 heavy (non-hydrogen) atoms. The van der Waals surface area contributed by atoms with Crippen molar-refractivity contribution >= 4 is 17.5 Å². The number of hydrogen-bond acceptors (Lipinski definition) is 3. The van der Waals surface area contributed by atoms with Crippen LogP contribution in [0.2, 0.25) is 0 Å². The number of anilines is 1. The first kappa shape index (κ1) is 17.2. The van der Waals surface area contributed by atoms with E-state index in [1.165, 1.54) is 0 Å². The first-order valence-corrected chi connectivity index (χ1v) is 7.28. The number of rotatable bonds is 6. The maximum Gasteiger partial charge on any atom is 0.313 e. The molecular formula is C16H24N2O3. The molecule has 0 spiro atoms. The summed E-state index contributed by atoms with van der Waals surface area (Å²) in [4.78, 5) is 23.5. The van der Waals surface area contributed by atoms with E-state index in [2.05, 4.69) is 10.6 Å². The fraction of sp³-hybridized carbons (Fsp3) is 0.500. The van der Waals surface area contributed by atoms with Crippen LogP contribution in [-0.2, 0) is 16.0 Å². The lowest BCUT2D eigenvalue weighted by Crippen LogP contribution is -2.38. The zero-order valence-corrected chi connectivity index (χ0v) is 12.8. The highest BCUT2D eigenvalue weighted by atomic mass is 16.3. The smallest absolute Gasteiger partial charge is 0.313 e. The molecule has 5 nitrogen and oxygen atoms in total. The molecule has 0 fully saturated rings. The van der Waals surface area contributed by atoms with Gasteiger partial charge in [-0.1, -0.05) is 26.0 Å². The molecule has 1 aromatic rings. The summed E-state index contributed by atoms with van der Waals surface area (Å²) in [7, 11) is 0. The molecular weight excluding hydrogens is 268 g/mol. The van der Waals surface area contributed by atoms with Crippen molar-refractivity contribution in [1.82, 2.24) is 5.32 Å². The third kappa shape index (κ3) is 6.40. The second-order valence-electron chi connectivity index (χ2n) is 5.41. The molecule has 0 aliphatic carbocycles. The van der Waals surface area contributed by atoms with Gasteiger partial charge >= 0.3 is 11.8 Å². The van der Waals surface area contributed by atoms with E-state index in [0.717, 1.165) is 12.0 Å². The van der Waals surface area contributed by atoms with E-state index in [0.29, 0.717) is 18.7 Å². The molecule has 0 saturated heterocycles. The van der Waals surface area contributed by atoms with Crippen LogP contribution in [0, 0.1) is 5.92 Å². The van der Waals surface area contributed by atoms with Crippen LogP contribution in [0.1, 0.15) is 32.8 Å². The van der Waals surface area contributed by atoms with E-state index in [9.17, 15) is 14.7 Å². The van der Waals surface area contributed by atoms with E-state index in [-0.39, 0.29) is 5.92 Å². The van der Waals surface area contributed by atoms with Crippen molar-refractivity contribution in [3.05, 3.63) is 29.8 Å². The topological polar surface area (TPSA) is 78.4 Å². The molecule has 5 heteroatoms. The minimum Gasteiger partial charge on any atom is -0.393 e. The number of hydrogen-bond donors (Lipinski definition) is 3. The molecule has 0 bridgehead atoms. The van der Waals surface area contributed by atoms with Gasteiger partial charge < -0.3 is 15.7 Å². The second kappa shape index (κ2) is 8.42. The van der Waals surface area contributed by atoms with E-state index in [1.807, 2.05) is 32.0 Å². The molecule has 0 heterocycles. The van der Waals surface area contributed by atoms with E-state index >= 15 is 0 Å². The predicted molar refractivity (Wildman–Crippen MR) is 82.9 cm³/mol. The predicted octanol–water partition coefficient (Wildman–Crippen LogP) is 1.71. The third-order valence-electron chi connectivity index (χ3n) is 3.15. The molecule has 2 atom stereocenters. The van der Waals surface area contributed by atoms with Crippen molar-refractivity contribution in [1.29, 1.82) is 0 Å². The molecule has 0 radical (unpaired) electrons. The molecule has 0 aliphatic heterocycles. The summed E-state index contributed by atoms with van der Waals surface area (Å²) in [5.41, 5.74) is 1.71. The molecule has 1 aromatic carbocycles. The van der Waals surface area contributed by atoms with Crippen LogP contribution in [0.5, 0.6) is 0 Å². The number of aliphatic hydroxyl groups excluding tert-OH is 1. The lowest BCUT2D eigenvalue weighted by atomic mass is 10.0. The van der Waals surface area contributed by atoms with Gasteiger partial charge in [0.2, 0.25) is 0 Å². The van der Waals surface area contributed by atoms with Gasteiger partial charge in [0.05, 0.1) is 6.10 Å². The van der Waals surface area contributed by atoms with Crippen LogP contribution in [0.15, 0.2) is 24.3 Å². The van der Waals surface area contributed by atoms with Crippen LogP contribution >= 0.6 is 0 Å². The lowest BCUT2D eigenvalue weighted by Gasteiger charge is -2.14. The van der Waals surface area contributed by atoms with Crippen LogP contribution in [0.4, 0.5) is 5.69 Å². The minimum absolute atomic E-state index is 0.116. The molecule has 2 unspecified atom stereocenters. The van der Waals surface area contributed by atoms with Gasteiger partial charge in [0, 0.05) is 12.2 Å². The summed E-state index contributed by atoms with van der Waals surface area (Å²) in [6.45, 7) is 6.00. The second-order valence-corrected chi connectivity index (χ2v) is 5.41. The van der Waals surface area contributed by atoms with Gasteiger partial charge in [0.25, 0.3) is 0 Å². The number of aryl methyl sites for hydroxylation is 1. The van der Waals surface area contributed by atoms with Crippen molar-refractivity contribution in [2.45, 2.75) is 39.7 Å². The van der Waals surface area contributed by atoms with Crippen LogP contribution in [-0.4, -0.2) is 29.6 Å². The quantitative estimate of drug-likeness (QED) is 0.698. The Morgan fingerprint density at radius 2 is 1.95 bits per heavy atom. The van der Waals surface area contributed by atoms with Gasteiger partial charge in [-0.15, -0.1) is 0 Å². The summed E-state index contributed by atoms with van der Waals surface area (Å²) in [5.74, 6) is -1.22. The van der Waals surface area contributed by atoms with Gasteiger partial charge in [-0.05, 0) is 43.4 Å². The maximum absolute atomic E-state index is 11.8. The largest absolute Gasteiger partial charge is 0.393 e. The Hall–Kier alpha value is -1.88. The Labute approximate surface area is 125 Å². The van der Waals surface area contributed by atoms with Gasteiger partial charge in [0.1, 0.15) is 0 Å². The number of aliphatic hydroxyl groups is 1. The average molecular weight is 292 g/mol. The summed E-state index contributed by atoms with van der Waals surface area (Å²) < 4.78 is 0. The van der Waals surface area contributed by atoms with Crippen molar-refractivity contribution in [3.8, 4) is 0 Å². The van der Waals surface area contributed by atoms with Crippen molar-refractivity contribution < 1.29 is 14.7 Å². The Morgan fingerprint density at radius 3 is 2.57 bits per heavy atom. The first-order valence-electron chi connectivity index (χ1n) is 7.28. The average Bonchev–Trinajstić information content (AvgIpc) is 2.44. The molecule has 1 rings (SSSR count). The normalized spacial score (nSPS) is 13.3. The monoisotopic (exact) mass is 292 g/mol. The molecule has 116 valence electrons. The van der Waals surface area contributed by atoms with Crippen molar-refractivity contribution in [2.75, 3.05) is 11.9 Å². The molecule has 0 aromatic heterocycles. The zero-order chi connectivity index (χ0) is 15.8. The van der Waals surface area contributed by atoms with Gasteiger partial charge in [-0.2, -0.15) is 0 Å². The van der Waals surface area contributed by atoms with Crippen molar-refractivity contribution in [3.63, 3.8) is 0 Å². The number of nitrogens with one attached hydrogen (secondary N) is 2. The van der Waals surface area contributed by atoms with E-state index in [4.69, 9.17) is 0 Å². The van der Waals surface area contributed by atoms with Gasteiger partial charge in [0.15, 0.2) is 0 Å². The number of carbonyl (C=O) groups excluding carboxylic acids is 2. The van der Waals surface area contributed by atoms with E-state index in [1.54, 1.807) is 13.0 Å². The highest BCUT2D eigenvalue weighted by molar-refractivity contribution is 6.39. The first-order chi connectivity index (χ1) is 9.92. The Morgan fingerprint density at radius 1 is 1.24 bits per heavy atom. The summed E-state index contributed by atoms with van der Waals surface area (Å²) in [6, 6.07) is 7.41. The highest BCUT2D eigenvalue weighted by Crippen LogP contribution is 2.11. The molecule has 2 amide bonds. The third-order valence-corrected chi connectivity index (χ3v) is 3.15. The lowest BCUT2D eigenvalue weighted by molar-refractivity contribution is -0.136.